The highest BCUT2D eigenvalue weighted by molar-refractivity contribution is 5.91. The van der Waals surface area contributed by atoms with Crippen molar-refractivity contribution in [3.63, 3.8) is 0 Å². The highest BCUT2D eigenvalue weighted by Crippen LogP contribution is 2.39. The minimum Gasteiger partial charge on any atom is -0.493 e. The van der Waals surface area contributed by atoms with Gasteiger partial charge in [0.2, 0.25) is 5.75 Å². The second-order valence-corrected chi connectivity index (χ2v) is 10.1. The third kappa shape index (κ3) is 8.29. The van der Waals surface area contributed by atoms with Crippen LogP contribution in [0, 0.1) is 11.6 Å². The van der Waals surface area contributed by atoms with Crippen molar-refractivity contribution >= 4 is 11.9 Å². The number of rotatable bonds is 4. The predicted octanol–water partition coefficient (Wildman–Crippen LogP) is 4.32. The molecule has 11 heteroatoms. The van der Waals surface area contributed by atoms with E-state index in [9.17, 15) is 18.4 Å². The molecule has 0 amide bonds. The number of hydrogen-bond acceptors (Lipinski definition) is 9. The van der Waals surface area contributed by atoms with Crippen molar-refractivity contribution in [2.24, 2.45) is 0 Å². The molecule has 3 atom stereocenters. The molecule has 0 aliphatic carbocycles. The highest BCUT2D eigenvalue weighted by atomic mass is 19.1. The van der Waals surface area contributed by atoms with E-state index in [1.807, 2.05) is 0 Å². The van der Waals surface area contributed by atoms with Crippen LogP contribution in [-0.4, -0.2) is 94.5 Å². The lowest BCUT2D eigenvalue weighted by atomic mass is 10.1. The Bertz CT molecular complexity index is 1180. The predicted molar refractivity (Wildman–Crippen MR) is 147 cm³/mol. The molecule has 0 N–H and O–H groups in total. The Kier molecular flexibility index (Phi) is 11.1. The Morgan fingerprint density at radius 3 is 2.24 bits per heavy atom. The van der Waals surface area contributed by atoms with Gasteiger partial charge in [-0.2, -0.15) is 0 Å². The van der Waals surface area contributed by atoms with E-state index in [2.05, 4.69) is 9.80 Å². The van der Waals surface area contributed by atoms with Gasteiger partial charge in [-0.15, -0.1) is 0 Å². The molecule has 0 radical (unpaired) electrons. The van der Waals surface area contributed by atoms with Crippen LogP contribution >= 0.6 is 0 Å². The molecule has 2 aromatic rings. The molecule has 1 saturated heterocycles. The molecule has 0 spiro atoms. The molecule has 9 nitrogen and oxygen atoms in total. The van der Waals surface area contributed by atoms with Crippen LogP contribution in [0.4, 0.5) is 8.78 Å². The maximum absolute atomic E-state index is 14.3. The molecule has 1 fully saturated rings. The smallest absolute Gasteiger partial charge is 0.344 e. The van der Waals surface area contributed by atoms with Gasteiger partial charge in [0.1, 0.15) is 23.3 Å². The summed E-state index contributed by atoms with van der Waals surface area (Å²) in [6.45, 7) is 5.52. The largest absolute Gasteiger partial charge is 0.493 e. The Balaban J connectivity index is 1.53. The SMILES string of the molecule is COc1cc2cc(c1OC)OCCCC(OC(=O)c1c(F)cccc1F)CCN1CCCN(CCCOC2=O)CC1. The first-order chi connectivity index (χ1) is 19.9. The lowest BCUT2D eigenvalue weighted by Crippen LogP contribution is -2.34. The Morgan fingerprint density at radius 1 is 0.854 bits per heavy atom. The number of esters is 2. The van der Waals surface area contributed by atoms with Crippen LogP contribution in [-0.2, 0) is 9.47 Å². The van der Waals surface area contributed by atoms with Crippen molar-refractivity contribution in [2.45, 2.75) is 38.2 Å². The second kappa shape index (κ2) is 15.0. The maximum Gasteiger partial charge on any atom is 0.344 e. The van der Waals surface area contributed by atoms with Gasteiger partial charge in [-0.3, -0.25) is 0 Å². The summed E-state index contributed by atoms with van der Waals surface area (Å²) in [6.07, 6.45) is 2.48. The number of cyclic esters (lactones) is 1. The van der Waals surface area contributed by atoms with Crippen LogP contribution < -0.4 is 14.2 Å². The average molecular weight is 577 g/mol. The summed E-state index contributed by atoms with van der Waals surface area (Å²) < 4.78 is 56.6. The zero-order valence-corrected chi connectivity index (χ0v) is 23.7. The number of halogens is 2. The van der Waals surface area contributed by atoms with E-state index in [1.165, 1.54) is 20.3 Å². The fourth-order valence-corrected chi connectivity index (χ4v) is 5.15. The molecule has 3 unspecified atom stereocenters. The van der Waals surface area contributed by atoms with E-state index in [1.54, 1.807) is 12.1 Å². The lowest BCUT2D eigenvalue weighted by Gasteiger charge is -2.24. The van der Waals surface area contributed by atoms with E-state index in [0.29, 0.717) is 56.1 Å². The standard InChI is InChI=1S/C30H38F2N2O7/c1-37-25-19-21-20-26(28(25)38-2)39-17-4-7-22(41-30(36)27-23(31)8-3-9-24(27)32)10-14-34-12-5-11-33(15-16-34)13-6-18-40-29(21)35/h3,8-9,19-20,22H,4-7,10-18H2,1-2H3. The third-order valence-corrected chi connectivity index (χ3v) is 7.35. The molecule has 41 heavy (non-hydrogen) atoms. The number of methoxy groups -OCH3 is 2. The minimum absolute atomic E-state index is 0.207. The number of nitrogens with zero attached hydrogens (tertiary/aromatic N) is 2. The fourth-order valence-electron chi connectivity index (χ4n) is 5.15. The molecular formula is C30H38F2N2O7. The summed E-state index contributed by atoms with van der Waals surface area (Å²) in [4.78, 5) is 30.3. The highest BCUT2D eigenvalue weighted by Gasteiger charge is 2.25. The first kappa shape index (κ1) is 30.5. The van der Waals surface area contributed by atoms with Crippen LogP contribution in [0.2, 0.25) is 0 Å². The zero-order valence-electron chi connectivity index (χ0n) is 23.7. The summed E-state index contributed by atoms with van der Waals surface area (Å²) in [7, 11) is 2.94. The first-order valence-electron chi connectivity index (χ1n) is 14.0. The second-order valence-electron chi connectivity index (χ2n) is 10.1. The van der Waals surface area contributed by atoms with Crippen molar-refractivity contribution < 1.29 is 42.1 Å². The lowest BCUT2D eigenvalue weighted by molar-refractivity contribution is 0.0211. The molecule has 0 saturated carbocycles. The number of hydrogen-bond donors (Lipinski definition) is 0. The number of benzene rings is 2. The summed E-state index contributed by atoms with van der Waals surface area (Å²) >= 11 is 0. The molecule has 4 bridgehead atoms. The van der Waals surface area contributed by atoms with Crippen LogP contribution in [0.3, 0.4) is 0 Å². The number of ether oxygens (including phenoxy) is 5. The van der Waals surface area contributed by atoms with Crippen molar-refractivity contribution in [3.05, 3.63) is 53.1 Å². The molecule has 0 aromatic heterocycles. The number of carbonyl (C=O) groups excluding carboxylic acids is 2. The maximum atomic E-state index is 14.3. The zero-order chi connectivity index (χ0) is 29.2. The van der Waals surface area contributed by atoms with E-state index < -0.39 is 35.2 Å². The molecule has 4 rings (SSSR count). The van der Waals surface area contributed by atoms with Crippen LogP contribution in [0.5, 0.6) is 17.2 Å². The monoisotopic (exact) mass is 576 g/mol. The quantitative estimate of drug-likeness (QED) is 0.494. The normalized spacial score (nSPS) is 22.6. The molecule has 2 aliphatic rings. The molecule has 2 aliphatic heterocycles. The average Bonchev–Trinajstić information content (AvgIpc) is 3.20. The topological polar surface area (TPSA) is 86.8 Å². The van der Waals surface area contributed by atoms with Crippen LogP contribution in [0.15, 0.2) is 30.3 Å². The minimum atomic E-state index is -1.02. The molecule has 2 aromatic carbocycles. The van der Waals surface area contributed by atoms with Gasteiger partial charge in [0.05, 0.1) is 33.0 Å². The number of carbonyl (C=O) groups is 2. The van der Waals surface area contributed by atoms with Crippen LogP contribution in [0.25, 0.3) is 0 Å². The van der Waals surface area contributed by atoms with Crippen molar-refractivity contribution in [1.29, 1.82) is 0 Å². The number of fused-ring (bicyclic) bond motifs is 5. The summed E-state index contributed by atoms with van der Waals surface area (Å²) in [5.74, 6) is -2.45. The third-order valence-electron chi connectivity index (χ3n) is 7.35. The van der Waals surface area contributed by atoms with E-state index in [4.69, 9.17) is 23.7 Å². The Labute approximate surface area is 239 Å². The van der Waals surface area contributed by atoms with Gasteiger partial charge in [-0.05, 0) is 69.5 Å². The van der Waals surface area contributed by atoms with Gasteiger partial charge in [0.15, 0.2) is 11.5 Å². The molecule has 224 valence electrons. The van der Waals surface area contributed by atoms with Gasteiger partial charge in [-0.25, -0.2) is 18.4 Å². The van der Waals surface area contributed by atoms with Crippen molar-refractivity contribution in [3.8, 4) is 17.2 Å². The van der Waals surface area contributed by atoms with E-state index in [0.717, 1.165) is 51.3 Å². The van der Waals surface area contributed by atoms with Gasteiger partial charge in [0, 0.05) is 26.2 Å². The van der Waals surface area contributed by atoms with Crippen LogP contribution in [0.1, 0.15) is 52.8 Å². The molecule has 2 heterocycles. The van der Waals surface area contributed by atoms with Gasteiger partial charge < -0.3 is 33.5 Å². The van der Waals surface area contributed by atoms with E-state index in [-0.39, 0.29) is 12.2 Å². The Morgan fingerprint density at radius 2 is 1.54 bits per heavy atom. The van der Waals surface area contributed by atoms with Gasteiger partial charge in [-0.1, -0.05) is 6.07 Å². The molecular weight excluding hydrogens is 538 g/mol. The van der Waals surface area contributed by atoms with E-state index >= 15 is 0 Å². The fraction of sp³-hybridized carbons (Fsp3) is 0.533. The summed E-state index contributed by atoms with van der Waals surface area (Å²) in [5.41, 5.74) is -0.412. The van der Waals surface area contributed by atoms with Crippen molar-refractivity contribution in [1.82, 2.24) is 9.80 Å². The summed E-state index contributed by atoms with van der Waals surface area (Å²) in [6, 6.07) is 6.39. The van der Waals surface area contributed by atoms with Gasteiger partial charge in [0.25, 0.3) is 0 Å². The summed E-state index contributed by atoms with van der Waals surface area (Å²) in [5, 5.41) is 0. The van der Waals surface area contributed by atoms with Crippen molar-refractivity contribution in [2.75, 3.05) is 66.7 Å². The Hall–Kier alpha value is -3.44. The first-order valence-corrected chi connectivity index (χ1v) is 14.0. The van der Waals surface area contributed by atoms with Gasteiger partial charge >= 0.3 is 11.9 Å².